The predicted molar refractivity (Wildman–Crippen MR) is 71.6 cm³/mol. The Morgan fingerprint density at radius 3 is 2.56 bits per heavy atom. The molecule has 1 heterocycles. The molecule has 18 heavy (non-hydrogen) atoms. The molecule has 94 valence electrons. The first kappa shape index (κ1) is 12.6. The van der Waals surface area contributed by atoms with Crippen molar-refractivity contribution in [1.82, 2.24) is 4.98 Å². The molecule has 0 N–H and O–H groups in total. The van der Waals surface area contributed by atoms with E-state index in [1.54, 1.807) is 6.07 Å². The van der Waals surface area contributed by atoms with E-state index in [0.29, 0.717) is 5.69 Å². The van der Waals surface area contributed by atoms with Gasteiger partial charge in [0.2, 0.25) is 0 Å². The summed E-state index contributed by atoms with van der Waals surface area (Å²) in [6, 6.07) is 9.54. The Labute approximate surface area is 107 Å². The third-order valence-electron chi connectivity index (χ3n) is 2.53. The highest BCUT2D eigenvalue weighted by Gasteiger charge is 2.19. The van der Waals surface area contributed by atoms with Gasteiger partial charge in [0.15, 0.2) is 0 Å². The fraction of sp³-hybridized carbons (Fsp3) is 0.333. The maximum absolute atomic E-state index is 11.9. The van der Waals surface area contributed by atoms with E-state index in [9.17, 15) is 4.79 Å². The molecule has 0 aliphatic rings. The van der Waals surface area contributed by atoms with Crippen LogP contribution < -0.4 is 0 Å². The van der Waals surface area contributed by atoms with Crippen molar-refractivity contribution in [3.8, 4) is 0 Å². The molecule has 2 aromatic rings. The topological polar surface area (TPSA) is 39.2 Å². The Morgan fingerprint density at radius 2 is 1.89 bits per heavy atom. The molecule has 0 amide bonds. The van der Waals surface area contributed by atoms with Gasteiger partial charge in [-0.15, -0.1) is 0 Å². The molecule has 0 radical (unpaired) electrons. The number of nitrogens with zero attached hydrogens (tertiary/aromatic N) is 1. The monoisotopic (exact) mass is 243 g/mol. The van der Waals surface area contributed by atoms with Crippen molar-refractivity contribution < 1.29 is 9.53 Å². The maximum Gasteiger partial charge on any atom is 0.357 e. The number of aromatic nitrogens is 1. The van der Waals surface area contributed by atoms with Gasteiger partial charge >= 0.3 is 5.97 Å². The molecule has 0 spiro atoms. The van der Waals surface area contributed by atoms with E-state index in [1.165, 1.54) is 0 Å². The molecule has 0 aliphatic carbocycles. The molecule has 1 aromatic carbocycles. The van der Waals surface area contributed by atoms with Gasteiger partial charge in [-0.2, -0.15) is 0 Å². The number of para-hydroxylation sites is 1. The summed E-state index contributed by atoms with van der Waals surface area (Å²) in [5.74, 6) is -0.382. The summed E-state index contributed by atoms with van der Waals surface area (Å²) in [5, 5.41) is 1.03. The number of aryl methyl sites for hydroxylation is 1. The lowest BCUT2D eigenvalue weighted by Crippen LogP contribution is -2.24. The fourth-order valence-electron chi connectivity index (χ4n) is 1.74. The average molecular weight is 243 g/mol. The summed E-state index contributed by atoms with van der Waals surface area (Å²) in [6.07, 6.45) is 0. The number of ether oxygens (including phenoxy) is 1. The molecule has 0 atom stereocenters. The van der Waals surface area contributed by atoms with E-state index in [-0.39, 0.29) is 5.97 Å². The molecule has 0 saturated heterocycles. The van der Waals surface area contributed by atoms with E-state index in [0.717, 1.165) is 16.5 Å². The number of benzene rings is 1. The molecule has 0 bridgehead atoms. The van der Waals surface area contributed by atoms with Crippen LogP contribution in [0.2, 0.25) is 0 Å². The van der Waals surface area contributed by atoms with Crippen molar-refractivity contribution in [2.24, 2.45) is 0 Å². The lowest BCUT2D eigenvalue weighted by molar-refractivity contribution is 0.00633. The number of fused-ring (bicyclic) bond motifs is 1. The van der Waals surface area contributed by atoms with E-state index in [2.05, 4.69) is 4.98 Å². The summed E-state index contributed by atoms with van der Waals surface area (Å²) in [4.78, 5) is 16.3. The molecule has 0 aliphatic heterocycles. The van der Waals surface area contributed by atoms with Crippen LogP contribution in [0.3, 0.4) is 0 Å². The number of carbonyl (C=O) groups is 1. The van der Waals surface area contributed by atoms with E-state index in [1.807, 2.05) is 52.0 Å². The maximum atomic E-state index is 11.9. The van der Waals surface area contributed by atoms with Crippen LogP contribution in [-0.4, -0.2) is 16.6 Å². The summed E-state index contributed by atoms with van der Waals surface area (Å²) < 4.78 is 5.31. The molecule has 3 heteroatoms. The van der Waals surface area contributed by atoms with Crippen LogP contribution in [0.25, 0.3) is 10.9 Å². The molecule has 2 rings (SSSR count). The van der Waals surface area contributed by atoms with Crippen molar-refractivity contribution in [2.75, 3.05) is 0 Å². The molecular formula is C15H17NO2. The Kier molecular flexibility index (Phi) is 3.07. The summed E-state index contributed by atoms with van der Waals surface area (Å²) in [7, 11) is 0. The zero-order chi connectivity index (χ0) is 13.3. The Bertz CT molecular complexity index is 597. The quantitative estimate of drug-likeness (QED) is 0.719. The van der Waals surface area contributed by atoms with Gasteiger partial charge in [-0.25, -0.2) is 9.78 Å². The summed E-state index contributed by atoms with van der Waals surface area (Å²) in [5.41, 5.74) is 1.75. The van der Waals surface area contributed by atoms with Crippen LogP contribution >= 0.6 is 0 Å². The zero-order valence-electron chi connectivity index (χ0n) is 11.2. The average Bonchev–Trinajstić information content (AvgIpc) is 2.27. The molecular weight excluding hydrogens is 226 g/mol. The van der Waals surface area contributed by atoms with Gasteiger partial charge in [-0.05, 0) is 39.3 Å². The molecule has 1 aromatic heterocycles. The Morgan fingerprint density at radius 1 is 1.17 bits per heavy atom. The fourth-order valence-corrected chi connectivity index (χ4v) is 1.74. The van der Waals surface area contributed by atoms with Crippen molar-refractivity contribution in [2.45, 2.75) is 33.3 Å². The number of rotatable bonds is 1. The van der Waals surface area contributed by atoms with Gasteiger partial charge in [0.25, 0.3) is 0 Å². The normalized spacial score (nSPS) is 11.6. The largest absolute Gasteiger partial charge is 0.455 e. The first-order chi connectivity index (χ1) is 8.37. The first-order valence-corrected chi connectivity index (χ1v) is 5.96. The Hall–Kier alpha value is -1.90. The third kappa shape index (κ3) is 2.67. The summed E-state index contributed by atoms with van der Waals surface area (Å²) in [6.45, 7) is 7.51. The second-order valence-electron chi connectivity index (χ2n) is 5.35. The van der Waals surface area contributed by atoms with Crippen molar-refractivity contribution in [3.63, 3.8) is 0 Å². The SMILES string of the molecule is Cc1cccc2ccc(C(=O)OC(C)(C)C)nc12. The molecule has 0 saturated carbocycles. The standard InChI is InChI=1S/C15H17NO2/c1-10-6-5-7-11-8-9-12(16-13(10)11)14(17)18-15(2,3)4/h5-9H,1-4H3. The minimum atomic E-state index is -0.501. The van der Waals surface area contributed by atoms with Crippen LogP contribution in [-0.2, 0) is 4.74 Å². The molecule has 3 nitrogen and oxygen atoms in total. The minimum Gasteiger partial charge on any atom is -0.455 e. The van der Waals surface area contributed by atoms with E-state index < -0.39 is 5.60 Å². The summed E-state index contributed by atoms with van der Waals surface area (Å²) >= 11 is 0. The van der Waals surface area contributed by atoms with Gasteiger partial charge in [0.1, 0.15) is 11.3 Å². The van der Waals surface area contributed by atoms with Crippen LogP contribution in [0, 0.1) is 6.92 Å². The molecule has 0 unspecified atom stereocenters. The molecule has 0 fully saturated rings. The minimum absolute atomic E-state index is 0.353. The van der Waals surface area contributed by atoms with E-state index in [4.69, 9.17) is 4.74 Å². The second kappa shape index (κ2) is 4.41. The van der Waals surface area contributed by atoms with Gasteiger partial charge < -0.3 is 4.74 Å². The van der Waals surface area contributed by atoms with Crippen LogP contribution in [0.5, 0.6) is 0 Å². The van der Waals surface area contributed by atoms with Crippen molar-refractivity contribution >= 4 is 16.9 Å². The highest BCUT2D eigenvalue weighted by atomic mass is 16.6. The second-order valence-corrected chi connectivity index (χ2v) is 5.35. The number of pyridine rings is 1. The van der Waals surface area contributed by atoms with Crippen molar-refractivity contribution in [3.05, 3.63) is 41.6 Å². The Balaban J connectivity index is 2.41. The van der Waals surface area contributed by atoms with Crippen LogP contribution in [0.1, 0.15) is 36.8 Å². The smallest absolute Gasteiger partial charge is 0.357 e. The van der Waals surface area contributed by atoms with Crippen LogP contribution in [0.15, 0.2) is 30.3 Å². The first-order valence-electron chi connectivity index (χ1n) is 5.96. The number of esters is 1. The van der Waals surface area contributed by atoms with Crippen molar-refractivity contribution in [1.29, 1.82) is 0 Å². The lowest BCUT2D eigenvalue weighted by Gasteiger charge is -2.19. The number of hydrogen-bond acceptors (Lipinski definition) is 3. The number of hydrogen-bond donors (Lipinski definition) is 0. The lowest BCUT2D eigenvalue weighted by atomic mass is 10.1. The zero-order valence-corrected chi connectivity index (χ0v) is 11.2. The van der Waals surface area contributed by atoms with Crippen LogP contribution in [0.4, 0.5) is 0 Å². The van der Waals surface area contributed by atoms with Gasteiger partial charge in [0, 0.05) is 5.39 Å². The predicted octanol–water partition coefficient (Wildman–Crippen LogP) is 3.50. The van der Waals surface area contributed by atoms with Gasteiger partial charge in [-0.3, -0.25) is 0 Å². The van der Waals surface area contributed by atoms with E-state index >= 15 is 0 Å². The third-order valence-corrected chi connectivity index (χ3v) is 2.53. The van der Waals surface area contributed by atoms with Gasteiger partial charge in [0.05, 0.1) is 5.52 Å². The highest BCUT2D eigenvalue weighted by molar-refractivity contribution is 5.92. The van der Waals surface area contributed by atoms with Gasteiger partial charge in [-0.1, -0.05) is 24.3 Å². The number of carbonyl (C=O) groups excluding carboxylic acids is 1. The highest BCUT2D eigenvalue weighted by Crippen LogP contribution is 2.18.